The lowest BCUT2D eigenvalue weighted by molar-refractivity contribution is 0.827. The molecule has 4 aromatic rings. The second kappa shape index (κ2) is 7.24. The Labute approximate surface area is 168 Å². The minimum atomic E-state index is 0.0846. The SMILES string of the molecule is CCn1c2ccccc2c2cc(/C=C(\C#N)c3nc(N)nc(N(C)C)n3)ccc21. The monoisotopic (exact) mass is 383 g/mol. The average Bonchev–Trinajstić information content (AvgIpc) is 3.04. The van der Waals surface area contributed by atoms with E-state index in [1.165, 1.54) is 16.4 Å². The minimum Gasteiger partial charge on any atom is -0.368 e. The summed E-state index contributed by atoms with van der Waals surface area (Å²) in [6.45, 7) is 3.03. The fourth-order valence-electron chi connectivity index (χ4n) is 3.52. The molecule has 0 aliphatic carbocycles. The van der Waals surface area contributed by atoms with E-state index in [1.807, 2.05) is 26.2 Å². The lowest BCUT2D eigenvalue weighted by Gasteiger charge is -2.11. The molecule has 0 atom stereocenters. The van der Waals surface area contributed by atoms with Crippen LogP contribution < -0.4 is 10.6 Å². The number of aryl methyl sites for hydroxylation is 1. The lowest BCUT2D eigenvalue weighted by atomic mass is 10.1. The van der Waals surface area contributed by atoms with Crippen LogP contribution in [0.4, 0.5) is 11.9 Å². The molecule has 0 unspecified atom stereocenters. The Morgan fingerprint density at radius 1 is 1.10 bits per heavy atom. The molecule has 2 N–H and O–H groups in total. The number of rotatable bonds is 4. The van der Waals surface area contributed by atoms with E-state index in [1.54, 1.807) is 11.0 Å². The van der Waals surface area contributed by atoms with Gasteiger partial charge in [-0.2, -0.15) is 20.2 Å². The highest BCUT2D eigenvalue weighted by Crippen LogP contribution is 2.30. The molecular formula is C22H21N7. The van der Waals surface area contributed by atoms with Gasteiger partial charge in [-0.1, -0.05) is 24.3 Å². The molecule has 0 radical (unpaired) electrons. The number of para-hydroxylation sites is 1. The van der Waals surface area contributed by atoms with Crippen molar-refractivity contribution in [1.29, 1.82) is 5.26 Å². The van der Waals surface area contributed by atoms with Crippen LogP contribution in [0.5, 0.6) is 0 Å². The van der Waals surface area contributed by atoms with E-state index in [9.17, 15) is 5.26 Å². The van der Waals surface area contributed by atoms with Crippen LogP contribution in [0, 0.1) is 11.3 Å². The number of benzene rings is 2. The largest absolute Gasteiger partial charge is 0.368 e. The number of nitrogens with two attached hydrogens (primary N) is 1. The summed E-state index contributed by atoms with van der Waals surface area (Å²) < 4.78 is 2.29. The molecule has 0 saturated carbocycles. The van der Waals surface area contributed by atoms with Crippen molar-refractivity contribution in [3.8, 4) is 6.07 Å². The molecule has 144 valence electrons. The van der Waals surface area contributed by atoms with Crippen molar-refractivity contribution in [3.05, 3.63) is 53.9 Å². The molecule has 0 fully saturated rings. The molecule has 2 aromatic heterocycles. The second-order valence-electron chi connectivity index (χ2n) is 6.92. The number of anilines is 2. The van der Waals surface area contributed by atoms with Crippen molar-refractivity contribution in [3.63, 3.8) is 0 Å². The van der Waals surface area contributed by atoms with Crippen LogP contribution in [0.25, 0.3) is 33.5 Å². The van der Waals surface area contributed by atoms with Crippen molar-refractivity contribution < 1.29 is 0 Å². The number of fused-ring (bicyclic) bond motifs is 3. The van der Waals surface area contributed by atoms with Crippen LogP contribution in [-0.4, -0.2) is 33.6 Å². The third-order valence-corrected chi connectivity index (χ3v) is 4.83. The zero-order chi connectivity index (χ0) is 20.5. The number of nitriles is 1. The van der Waals surface area contributed by atoms with Gasteiger partial charge < -0.3 is 15.2 Å². The number of allylic oxidation sites excluding steroid dienone is 1. The molecular weight excluding hydrogens is 362 g/mol. The van der Waals surface area contributed by atoms with Gasteiger partial charge in [0, 0.05) is 42.4 Å². The highest BCUT2D eigenvalue weighted by Gasteiger charge is 2.12. The van der Waals surface area contributed by atoms with E-state index in [4.69, 9.17) is 5.73 Å². The highest BCUT2D eigenvalue weighted by atomic mass is 15.3. The van der Waals surface area contributed by atoms with E-state index in [-0.39, 0.29) is 11.8 Å². The number of hydrogen-bond acceptors (Lipinski definition) is 6. The molecule has 0 amide bonds. The summed E-state index contributed by atoms with van der Waals surface area (Å²) in [4.78, 5) is 14.3. The van der Waals surface area contributed by atoms with Gasteiger partial charge in [0.1, 0.15) is 6.07 Å². The van der Waals surface area contributed by atoms with E-state index in [0.717, 1.165) is 17.5 Å². The van der Waals surface area contributed by atoms with Crippen LogP contribution in [0.3, 0.4) is 0 Å². The smallest absolute Gasteiger partial charge is 0.230 e. The highest BCUT2D eigenvalue weighted by molar-refractivity contribution is 6.09. The molecule has 29 heavy (non-hydrogen) atoms. The normalized spacial score (nSPS) is 11.7. The van der Waals surface area contributed by atoms with E-state index >= 15 is 0 Å². The predicted molar refractivity (Wildman–Crippen MR) is 117 cm³/mol. The maximum absolute atomic E-state index is 9.71. The topological polar surface area (TPSA) is 96.6 Å². The first-order valence-corrected chi connectivity index (χ1v) is 9.34. The Hall–Kier alpha value is -3.92. The van der Waals surface area contributed by atoms with Gasteiger partial charge in [0.2, 0.25) is 11.9 Å². The first-order valence-electron chi connectivity index (χ1n) is 9.34. The quantitative estimate of drug-likeness (QED) is 0.540. The molecule has 0 aliphatic heterocycles. The predicted octanol–water partition coefficient (Wildman–Crippen LogP) is 3.71. The molecule has 0 bridgehead atoms. The van der Waals surface area contributed by atoms with Crippen LogP contribution >= 0.6 is 0 Å². The maximum atomic E-state index is 9.71. The summed E-state index contributed by atoms with van der Waals surface area (Å²) in [6.07, 6.45) is 1.78. The van der Waals surface area contributed by atoms with Gasteiger partial charge in [-0.25, -0.2) is 0 Å². The van der Waals surface area contributed by atoms with Crippen molar-refractivity contribution in [2.45, 2.75) is 13.5 Å². The Balaban J connectivity index is 1.87. The fourth-order valence-corrected chi connectivity index (χ4v) is 3.52. The first-order chi connectivity index (χ1) is 14.0. The Kier molecular flexibility index (Phi) is 4.61. The number of nitrogens with zero attached hydrogens (tertiary/aromatic N) is 6. The zero-order valence-corrected chi connectivity index (χ0v) is 16.6. The molecule has 2 heterocycles. The number of nitrogen functional groups attached to an aromatic ring is 1. The summed E-state index contributed by atoms with van der Waals surface area (Å²) in [5.74, 6) is 0.760. The van der Waals surface area contributed by atoms with Crippen molar-refractivity contribution in [2.75, 3.05) is 24.7 Å². The van der Waals surface area contributed by atoms with Crippen molar-refractivity contribution in [1.82, 2.24) is 19.5 Å². The summed E-state index contributed by atoms with van der Waals surface area (Å²) in [5, 5.41) is 12.1. The van der Waals surface area contributed by atoms with Gasteiger partial charge >= 0.3 is 0 Å². The lowest BCUT2D eigenvalue weighted by Crippen LogP contribution is -2.15. The Bertz CT molecular complexity index is 1290. The molecule has 0 aliphatic rings. The van der Waals surface area contributed by atoms with E-state index in [2.05, 4.69) is 62.8 Å². The fraction of sp³-hybridized carbons (Fsp3) is 0.182. The van der Waals surface area contributed by atoms with E-state index < -0.39 is 0 Å². The van der Waals surface area contributed by atoms with Crippen LogP contribution in [0.1, 0.15) is 18.3 Å². The molecule has 7 nitrogen and oxygen atoms in total. The second-order valence-corrected chi connectivity index (χ2v) is 6.92. The van der Waals surface area contributed by atoms with Gasteiger partial charge in [-0.05, 0) is 36.8 Å². The molecule has 7 heteroatoms. The third-order valence-electron chi connectivity index (χ3n) is 4.83. The Morgan fingerprint density at radius 3 is 2.59 bits per heavy atom. The number of hydrogen-bond donors (Lipinski definition) is 1. The first kappa shape index (κ1) is 18.4. The van der Waals surface area contributed by atoms with Gasteiger partial charge in [0.25, 0.3) is 0 Å². The van der Waals surface area contributed by atoms with Gasteiger partial charge in [-0.15, -0.1) is 0 Å². The summed E-state index contributed by atoms with van der Waals surface area (Å²) in [6, 6.07) is 16.7. The van der Waals surface area contributed by atoms with Crippen LogP contribution in [0.15, 0.2) is 42.5 Å². The molecule has 4 rings (SSSR count). The van der Waals surface area contributed by atoms with Crippen molar-refractivity contribution in [2.24, 2.45) is 0 Å². The van der Waals surface area contributed by atoms with E-state index in [0.29, 0.717) is 11.5 Å². The third kappa shape index (κ3) is 3.25. The summed E-state index contributed by atoms with van der Waals surface area (Å²) in [7, 11) is 3.62. The van der Waals surface area contributed by atoms with Gasteiger partial charge in [-0.3, -0.25) is 0 Å². The number of aromatic nitrogens is 4. The summed E-state index contributed by atoms with van der Waals surface area (Å²) >= 11 is 0. The molecule has 0 saturated heterocycles. The minimum absolute atomic E-state index is 0.0846. The van der Waals surface area contributed by atoms with Crippen LogP contribution in [-0.2, 0) is 6.54 Å². The molecule has 0 spiro atoms. The average molecular weight is 383 g/mol. The van der Waals surface area contributed by atoms with Crippen LogP contribution in [0.2, 0.25) is 0 Å². The van der Waals surface area contributed by atoms with Crippen molar-refractivity contribution >= 4 is 45.4 Å². The molecule has 2 aromatic carbocycles. The summed E-state index contributed by atoms with van der Waals surface area (Å²) in [5.41, 5.74) is 9.42. The van der Waals surface area contributed by atoms with Gasteiger partial charge in [0.05, 0.1) is 5.57 Å². The standard InChI is InChI=1S/C22H21N7/c1-4-29-18-8-6-5-7-16(18)17-12-14(9-10-19(17)29)11-15(13-23)20-25-21(24)27-22(26-20)28(2)3/h5-12H,4H2,1-3H3,(H2,24,25,26,27)/b15-11+. The van der Waals surface area contributed by atoms with Gasteiger partial charge in [0.15, 0.2) is 5.82 Å². The maximum Gasteiger partial charge on any atom is 0.230 e. The zero-order valence-electron chi connectivity index (χ0n) is 16.6. The Morgan fingerprint density at radius 2 is 1.86 bits per heavy atom.